The maximum absolute atomic E-state index is 13.3. The zero-order valence-corrected chi connectivity index (χ0v) is 21.5. The third-order valence-electron chi connectivity index (χ3n) is 6.84. The monoisotopic (exact) mass is 498 g/mol. The second-order valence-corrected chi connectivity index (χ2v) is 11.5. The van der Waals surface area contributed by atoms with Gasteiger partial charge in [-0.2, -0.15) is 4.31 Å². The molecule has 0 spiro atoms. The number of hydrogen-bond donors (Lipinski definition) is 1. The maximum Gasteiger partial charge on any atom is 0.243 e. The quantitative estimate of drug-likeness (QED) is 0.634. The van der Waals surface area contributed by atoms with Crippen LogP contribution in [0.1, 0.15) is 43.7 Å². The molecule has 0 aliphatic carbocycles. The van der Waals surface area contributed by atoms with Gasteiger partial charge in [-0.15, -0.1) is 0 Å². The summed E-state index contributed by atoms with van der Waals surface area (Å²) in [5, 5.41) is 2.88. The lowest BCUT2D eigenvalue weighted by Crippen LogP contribution is -2.43. The van der Waals surface area contributed by atoms with Crippen molar-refractivity contribution in [3.63, 3.8) is 0 Å². The second kappa shape index (κ2) is 10.4. The number of aryl methyl sites for hydroxylation is 1. The van der Waals surface area contributed by atoms with Crippen LogP contribution < -0.4 is 15.1 Å². The van der Waals surface area contributed by atoms with Crippen molar-refractivity contribution in [2.24, 2.45) is 0 Å². The highest BCUT2D eigenvalue weighted by Crippen LogP contribution is 2.32. The SMILES string of the molecule is C[C@@H]1CCCCN1S(=O)(=O)c1ccc2c(c1)CCC(=O)N2CC(=O)NCc1ccc(N(C)C)cc1. The van der Waals surface area contributed by atoms with Gasteiger partial charge in [-0.3, -0.25) is 9.59 Å². The molecule has 2 aromatic carbocycles. The fourth-order valence-electron chi connectivity index (χ4n) is 4.75. The van der Waals surface area contributed by atoms with E-state index in [1.165, 1.54) is 4.90 Å². The van der Waals surface area contributed by atoms with Crippen LogP contribution in [0, 0.1) is 0 Å². The Kier molecular flexibility index (Phi) is 7.47. The van der Waals surface area contributed by atoms with Gasteiger partial charge < -0.3 is 15.1 Å². The molecule has 0 saturated carbocycles. The molecule has 0 aromatic heterocycles. The Balaban J connectivity index is 1.45. The molecule has 4 rings (SSSR count). The molecule has 2 amide bonds. The van der Waals surface area contributed by atoms with E-state index in [-0.39, 0.29) is 35.7 Å². The van der Waals surface area contributed by atoms with Crippen LogP contribution in [0.25, 0.3) is 0 Å². The predicted molar refractivity (Wildman–Crippen MR) is 137 cm³/mol. The van der Waals surface area contributed by atoms with Crippen LogP contribution in [0.15, 0.2) is 47.4 Å². The molecule has 1 N–H and O–H groups in total. The number of hydrogen-bond acceptors (Lipinski definition) is 5. The highest BCUT2D eigenvalue weighted by molar-refractivity contribution is 7.89. The van der Waals surface area contributed by atoms with Crippen molar-refractivity contribution in [3.05, 3.63) is 53.6 Å². The van der Waals surface area contributed by atoms with Gasteiger partial charge in [-0.05, 0) is 67.6 Å². The molecule has 1 fully saturated rings. The van der Waals surface area contributed by atoms with E-state index in [4.69, 9.17) is 0 Å². The number of nitrogens with zero attached hydrogens (tertiary/aromatic N) is 3. The number of carbonyl (C=O) groups excluding carboxylic acids is 2. The lowest BCUT2D eigenvalue weighted by molar-refractivity contribution is -0.124. The minimum Gasteiger partial charge on any atom is -0.378 e. The fourth-order valence-corrected chi connectivity index (χ4v) is 6.50. The van der Waals surface area contributed by atoms with E-state index < -0.39 is 10.0 Å². The molecule has 1 saturated heterocycles. The Morgan fingerprint density at radius 2 is 1.83 bits per heavy atom. The summed E-state index contributed by atoms with van der Waals surface area (Å²) < 4.78 is 28.1. The van der Waals surface area contributed by atoms with Crippen molar-refractivity contribution in [2.75, 3.05) is 37.0 Å². The van der Waals surface area contributed by atoms with Gasteiger partial charge in [0.1, 0.15) is 6.54 Å². The third-order valence-corrected chi connectivity index (χ3v) is 8.85. The van der Waals surface area contributed by atoms with Crippen LogP contribution in [0.5, 0.6) is 0 Å². The molecule has 2 aliphatic rings. The lowest BCUT2D eigenvalue weighted by atomic mass is 10.0. The number of piperidine rings is 1. The summed E-state index contributed by atoms with van der Waals surface area (Å²) in [5.41, 5.74) is 3.43. The van der Waals surface area contributed by atoms with Gasteiger partial charge in [0.2, 0.25) is 21.8 Å². The largest absolute Gasteiger partial charge is 0.378 e. The number of fused-ring (bicyclic) bond motifs is 1. The molecule has 35 heavy (non-hydrogen) atoms. The van der Waals surface area contributed by atoms with Gasteiger partial charge >= 0.3 is 0 Å². The van der Waals surface area contributed by atoms with E-state index in [1.807, 2.05) is 50.2 Å². The molecule has 0 radical (unpaired) electrons. The number of amides is 2. The molecule has 0 unspecified atom stereocenters. The summed E-state index contributed by atoms with van der Waals surface area (Å²) in [5.74, 6) is -0.398. The Hall–Kier alpha value is -2.91. The van der Waals surface area contributed by atoms with Crippen LogP contribution in [-0.2, 0) is 32.6 Å². The average Bonchev–Trinajstić information content (AvgIpc) is 2.84. The fraction of sp³-hybridized carbons (Fsp3) is 0.462. The van der Waals surface area contributed by atoms with Crippen LogP contribution in [0.4, 0.5) is 11.4 Å². The van der Waals surface area contributed by atoms with Crippen molar-refractivity contribution >= 4 is 33.2 Å². The van der Waals surface area contributed by atoms with E-state index in [2.05, 4.69) is 5.32 Å². The standard InChI is InChI=1S/C26H34N4O4S/c1-19-6-4-5-15-30(19)35(33,34)23-12-13-24-21(16-23)9-14-26(32)29(24)18-25(31)27-17-20-7-10-22(11-8-20)28(2)3/h7-8,10-13,16,19H,4-6,9,14-15,17-18H2,1-3H3,(H,27,31)/t19-/m1/s1. The molecule has 2 aromatic rings. The second-order valence-electron chi connectivity index (χ2n) is 9.57. The summed E-state index contributed by atoms with van der Waals surface area (Å²) in [6.45, 7) is 2.75. The number of rotatable bonds is 7. The van der Waals surface area contributed by atoms with E-state index in [0.717, 1.165) is 36.1 Å². The predicted octanol–water partition coefficient (Wildman–Crippen LogP) is 2.91. The third kappa shape index (κ3) is 5.51. The van der Waals surface area contributed by atoms with Crippen molar-refractivity contribution in [1.29, 1.82) is 0 Å². The van der Waals surface area contributed by atoms with Crippen LogP contribution in [0.3, 0.4) is 0 Å². The van der Waals surface area contributed by atoms with Crippen molar-refractivity contribution in [1.82, 2.24) is 9.62 Å². The summed E-state index contributed by atoms with van der Waals surface area (Å²) in [4.78, 5) is 29.0. The molecule has 188 valence electrons. The zero-order valence-electron chi connectivity index (χ0n) is 20.7. The topological polar surface area (TPSA) is 90.0 Å². The lowest BCUT2D eigenvalue weighted by Gasteiger charge is -2.33. The highest BCUT2D eigenvalue weighted by Gasteiger charge is 2.33. The minimum absolute atomic E-state index is 0.0226. The number of carbonyl (C=O) groups is 2. The summed E-state index contributed by atoms with van der Waals surface area (Å²) in [6.07, 6.45) is 3.48. The van der Waals surface area contributed by atoms with Crippen LogP contribution in [-0.4, -0.2) is 57.8 Å². The maximum atomic E-state index is 13.3. The Morgan fingerprint density at radius 1 is 1.09 bits per heavy atom. The van der Waals surface area contributed by atoms with Gasteiger partial charge in [-0.25, -0.2) is 8.42 Å². The number of benzene rings is 2. The van der Waals surface area contributed by atoms with Crippen LogP contribution >= 0.6 is 0 Å². The molecule has 0 bridgehead atoms. The first kappa shape index (κ1) is 25.2. The molecule has 8 nitrogen and oxygen atoms in total. The van der Waals surface area contributed by atoms with Crippen LogP contribution in [0.2, 0.25) is 0 Å². The molecule has 2 aliphatic heterocycles. The number of anilines is 2. The van der Waals surface area contributed by atoms with Crippen molar-refractivity contribution in [2.45, 2.75) is 56.5 Å². The number of nitrogens with one attached hydrogen (secondary N) is 1. The summed E-state index contributed by atoms with van der Waals surface area (Å²) in [6, 6.07) is 12.8. The normalized spacial score (nSPS) is 18.8. The van der Waals surface area contributed by atoms with Gasteiger partial charge in [-0.1, -0.05) is 18.6 Å². The Bertz CT molecular complexity index is 1190. The van der Waals surface area contributed by atoms with Gasteiger partial charge in [0.15, 0.2) is 0 Å². The van der Waals surface area contributed by atoms with E-state index in [1.54, 1.807) is 22.5 Å². The summed E-state index contributed by atoms with van der Waals surface area (Å²) >= 11 is 0. The van der Waals surface area contributed by atoms with Gasteiger partial charge in [0, 0.05) is 51.0 Å². The average molecular weight is 499 g/mol. The van der Waals surface area contributed by atoms with Crippen molar-refractivity contribution in [3.8, 4) is 0 Å². The van der Waals surface area contributed by atoms with E-state index in [9.17, 15) is 18.0 Å². The highest BCUT2D eigenvalue weighted by atomic mass is 32.2. The smallest absolute Gasteiger partial charge is 0.243 e. The van der Waals surface area contributed by atoms with E-state index >= 15 is 0 Å². The van der Waals surface area contributed by atoms with Gasteiger partial charge in [0.25, 0.3) is 0 Å². The van der Waals surface area contributed by atoms with E-state index in [0.29, 0.717) is 25.2 Å². The molecular formula is C26H34N4O4S. The molecular weight excluding hydrogens is 464 g/mol. The molecule has 1 atom stereocenters. The summed E-state index contributed by atoms with van der Waals surface area (Å²) in [7, 11) is 0.339. The van der Waals surface area contributed by atoms with Crippen molar-refractivity contribution < 1.29 is 18.0 Å². The van der Waals surface area contributed by atoms with Gasteiger partial charge in [0.05, 0.1) is 4.90 Å². The Labute approximate surface area is 207 Å². The first-order valence-electron chi connectivity index (χ1n) is 12.1. The Morgan fingerprint density at radius 3 is 2.51 bits per heavy atom. The molecule has 2 heterocycles. The molecule has 9 heteroatoms. The number of sulfonamides is 1. The first-order valence-corrected chi connectivity index (χ1v) is 13.6. The minimum atomic E-state index is -3.60. The first-order chi connectivity index (χ1) is 16.7. The zero-order chi connectivity index (χ0) is 25.2.